The van der Waals surface area contributed by atoms with E-state index in [-0.39, 0.29) is 5.15 Å². The Morgan fingerprint density at radius 2 is 2.16 bits per heavy atom. The SMILES string of the molecule is O=C(NCCC(F)(F)F)c1cc(Cl)ncc1[N+](=O)[O-]. The summed E-state index contributed by atoms with van der Waals surface area (Å²) in [6.45, 7) is -0.681. The van der Waals surface area contributed by atoms with Crippen molar-refractivity contribution in [3.8, 4) is 0 Å². The summed E-state index contributed by atoms with van der Waals surface area (Å²) >= 11 is 5.48. The van der Waals surface area contributed by atoms with Gasteiger partial charge in [0.05, 0.1) is 11.3 Å². The first-order valence-corrected chi connectivity index (χ1v) is 5.23. The van der Waals surface area contributed by atoms with Crippen LogP contribution in [0, 0.1) is 10.1 Å². The Labute approximate surface area is 109 Å². The Morgan fingerprint density at radius 1 is 1.53 bits per heavy atom. The summed E-state index contributed by atoms with van der Waals surface area (Å²) in [6.07, 6.45) is -4.89. The van der Waals surface area contributed by atoms with Crippen molar-refractivity contribution in [2.45, 2.75) is 12.6 Å². The molecule has 19 heavy (non-hydrogen) atoms. The highest BCUT2D eigenvalue weighted by Gasteiger charge is 2.27. The molecule has 0 aromatic carbocycles. The summed E-state index contributed by atoms with van der Waals surface area (Å²) in [4.78, 5) is 24.7. The predicted molar refractivity (Wildman–Crippen MR) is 58.9 cm³/mol. The first kappa shape index (κ1) is 15.2. The molecule has 1 aromatic heterocycles. The Bertz CT molecular complexity index is 507. The van der Waals surface area contributed by atoms with E-state index in [0.29, 0.717) is 0 Å². The second-order valence-electron chi connectivity index (χ2n) is 3.40. The Balaban J connectivity index is 2.81. The molecule has 0 aliphatic carbocycles. The number of hydrogen-bond donors (Lipinski definition) is 1. The van der Waals surface area contributed by atoms with Crippen LogP contribution in [0.5, 0.6) is 0 Å². The normalized spacial score (nSPS) is 11.2. The number of carbonyl (C=O) groups excluding carboxylic acids is 1. The molecule has 1 rings (SSSR count). The lowest BCUT2D eigenvalue weighted by Gasteiger charge is -2.08. The maximum absolute atomic E-state index is 11.9. The minimum absolute atomic E-state index is 0.174. The molecule has 104 valence electrons. The first-order valence-electron chi connectivity index (χ1n) is 4.85. The van der Waals surface area contributed by atoms with Crippen LogP contribution in [0.4, 0.5) is 18.9 Å². The quantitative estimate of drug-likeness (QED) is 0.525. The minimum Gasteiger partial charge on any atom is -0.351 e. The smallest absolute Gasteiger partial charge is 0.351 e. The molecule has 0 radical (unpaired) electrons. The number of carbonyl (C=O) groups is 1. The van der Waals surface area contributed by atoms with E-state index in [1.165, 1.54) is 0 Å². The van der Waals surface area contributed by atoms with Gasteiger partial charge in [-0.2, -0.15) is 13.2 Å². The van der Waals surface area contributed by atoms with Gasteiger partial charge in [-0.1, -0.05) is 11.6 Å². The molecular weight excluding hydrogens is 291 g/mol. The van der Waals surface area contributed by atoms with E-state index in [9.17, 15) is 28.1 Å². The van der Waals surface area contributed by atoms with E-state index in [1.54, 1.807) is 0 Å². The molecule has 6 nitrogen and oxygen atoms in total. The van der Waals surface area contributed by atoms with Gasteiger partial charge < -0.3 is 5.32 Å². The summed E-state index contributed by atoms with van der Waals surface area (Å²) < 4.78 is 35.7. The van der Waals surface area contributed by atoms with Gasteiger partial charge in [0.15, 0.2) is 0 Å². The van der Waals surface area contributed by atoms with Crippen LogP contribution in [-0.4, -0.2) is 28.5 Å². The molecule has 0 saturated carbocycles. The van der Waals surface area contributed by atoms with Crippen molar-refractivity contribution in [3.63, 3.8) is 0 Å². The van der Waals surface area contributed by atoms with Gasteiger partial charge in [-0.05, 0) is 6.07 Å². The van der Waals surface area contributed by atoms with Crippen molar-refractivity contribution in [1.82, 2.24) is 10.3 Å². The van der Waals surface area contributed by atoms with E-state index in [2.05, 4.69) is 4.98 Å². The number of pyridine rings is 1. The van der Waals surface area contributed by atoms with Crippen molar-refractivity contribution in [2.24, 2.45) is 0 Å². The zero-order valence-electron chi connectivity index (χ0n) is 9.20. The van der Waals surface area contributed by atoms with Crippen LogP contribution < -0.4 is 5.32 Å². The maximum Gasteiger partial charge on any atom is 0.390 e. The van der Waals surface area contributed by atoms with Crippen LogP contribution in [0.15, 0.2) is 12.3 Å². The number of nitrogens with one attached hydrogen (secondary N) is 1. The van der Waals surface area contributed by atoms with Gasteiger partial charge in [-0.3, -0.25) is 14.9 Å². The molecule has 1 N–H and O–H groups in total. The number of nitrogens with zero attached hydrogens (tertiary/aromatic N) is 2. The minimum atomic E-state index is -4.42. The molecule has 0 aliphatic heterocycles. The molecule has 1 heterocycles. The standard InChI is InChI=1S/C9H7ClF3N3O3/c10-7-3-5(6(4-15-7)16(18)19)8(17)14-2-1-9(11,12)13/h3-4H,1-2H2,(H,14,17). The Hall–Kier alpha value is -1.90. The number of hydrogen-bond acceptors (Lipinski definition) is 4. The Kier molecular flexibility index (Phi) is 4.65. The third kappa shape index (κ3) is 4.70. The topological polar surface area (TPSA) is 85.1 Å². The summed E-state index contributed by atoms with van der Waals surface area (Å²) in [5.74, 6) is -1.01. The second kappa shape index (κ2) is 5.83. The predicted octanol–water partition coefficient (Wildman–Crippen LogP) is 2.33. The molecule has 0 bridgehead atoms. The van der Waals surface area contributed by atoms with Gasteiger partial charge in [0, 0.05) is 6.54 Å². The zero-order chi connectivity index (χ0) is 14.6. The van der Waals surface area contributed by atoms with Crippen molar-refractivity contribution in [2.75, 3.05) is 6.54 Å². The fourth-order valence-corrected chi connectivity index (χ4v) is 1.32. The van der Waals surface area contributed by atoms with Crippen LogP contribution in [0.3, 0.4) is 0 Å². The van der Waals surface area contributed by atoms with E-state index in [0.717, 1.165) is 12.3 Å². The third-order valence-corrected chi connectivity index (χ3v) is 2.19. The lowest BCUT2D eigenvalue weighted by atomic mass is 10.2. The molecule has 0 spiro atoms. The van der Waals surface area contributed by atoms with Crippen molar-refractivity contribution < 1.29 is 22.9 Å². The number of rotatable bonds is 4. The number of nitro groups is 1. The Morgan fingerprint density at radius 3 is 2.68 bits per heavy atom. The average molecular weight is 298 g/mol. The lowest BCUT2D eigenvalue weighted by Crippen LogP contribution is -2.28. The summed E-state index contributed by atoms with van der Waals surface area (Å²) in [5.41, 5.74) is -1.07. The van der Waals surface area contributed by atoms with E-state index in [4.69, 9.17) is 11.6 Å². The van der Waals surface area contributed by atoms with Gasteiger partial charge >= 0.3 is 6.18 Å². The van der Waals surface area contributed by atoms with Gasteiger partial charge in [0.1, 0.15) is 16.9 Å². The highest BCUT2D eigenvalue weighted by Crippen LogP contribution is 2.21. The van der Waals surface area contributed by atoms with Gasteiger partial charge in [0.25, 0.3) is 11.6 Å². The maximum atomic E-state index is 11.9. The van der Waals surface area contributed by atoms with Gasteiger partial charge in [0.2, 0.25) is 0 Å². The summed E-state index contributed by atoms with van der Waals surface area (Å²) in [6, 6.07) is 0.919. The second-order valence-corrected chi connectivity index (χ2v) is 3.79. The van der Waals surface area contributed by atoms with E-state index in [1.807, 2.05) is 5.32 Å². The average Bonchev–Trinajstić information content (AvgIpc) is 2.26. The van der Waals surface area contributed by atoms with Gasteiger partial charge in [-0.15, -0.1) is 0 Å². The monoisotopic (exact) mass is 297 g/mol. The largest absolute Gasteiger partial charge is 0.390 e. The molecular formula is C9H7ClF3N3O3. The van der Waals surface area contributed by atoms with Crippen LogP contribution in [0.2, 0.25) is 5.15 Å². The molecule has 0 aliphatic rings. The molecule has 1 aromatic rings. The molecule has 0 atom stereocenters. The fraction of sp³-hybridized carbons (Fsp3) is 0.333. The lowest BCUT2D eigenvalue weighted by molar-refractivity contribution is -0.385. The van der Waals surface area contributed by atoms with Crippen LogP contribution in [0.1, 0.15) is 16.8 Å². The number of alkyl halides is 3. The number of halogens is 4. The van der Waals surface area contributed by atoms with Crippen LogP contribution in [-0.2, 0) is 0 Å². The van der Waals surface area contributed by atoms with E-state index >= 15 is 0 Å². The third-order valence-electron chi connectivity index (χ3n) is 1.98. The van der Waals surface area contributed by atoms with Crippen molar-refractivity contribution in [3.05, 3.63) is 33.1 Å². The highest BCUT2D eigenvalue weighted by atomic mass is 35.5. The molecule has 0 unspecified atom stereocenters. The van der Waals surface area contributed by atoms with Crippen molar-refractivity contribution in [1.29, 1.82) is 0 Å². The van der Waals surface area contributed by atoms with E-state index < -0.39 is 41.2 Å². The zero-order valence-corrected chi connectivity index (χ0v) is 9.96. The first-order chi connectivity index (χ1) is 8.70. The summed E-state index contributed by atoms with van der Waals surface area (Å²) in [5, 5.41) is 12.4. The molecule has 1 amide bonds. The number of aromatic nitrogens is 1. The number of amides is 1. The van der Waals surface area contributed by atoms with Crippen LogP contribution >= 0.6 is 11.6 Å². The molecule has 0 saturated heterocycles. The molecule has 0 fully saturated rings. The fourth-order valence-electron chi connectivity index (χ4n) is 1.16. The van der Waals surface area contributed by atoms with Crippen LogP contribution in [0.25, 0.3) is 0 Å². The van der Waals surface area contributed by atoms with Crippen molar-refractivity contribution >= 4 is 23.2 Å². The highest BCUT2D eigenvalue weighted by molar-refractivity contribution is 6.29. The van der Waals surface area contributed by atoms with Gasteiger partial charge in [-0.25, -0.2) is 4.98 Å². The summed E-state index contributed by atoms with van der Waals surface area (Å²) in [7, 11) is 0. The molecule has 10 heteroatoms.